The smallest absolute Gasteiger partial charge is 0.0843 e. The van der Waals surface area contributed by atoms with Crippen LogP contribution in [0.15, 0.2) is 14.3 Å². The van der Waals surface area contributed by atoms with E-state index in [1.807, 2.05) is 0 Å². The zero-order valence-electron chi connectivity index (χ0n) is 10.3. The number of ether oxygens (including phenoxy) is 1. The summed E-state index contributed by atoms with van der Waals surface area (Å²) in [6, 6.07) is 2.65. The third-order valence-electron chi connectivity index (χ3n) is 2.49. The van der Waals surface area contributed by atoms with Gasteiger partial charge in [-0.3, -0.25) is 0 Å². The molecule has 1 aromatic heterocycles. The third-order valence-corrected chi connectivity index (χ3v) is 5.86. The van der Waals surface area contributed by atoms with Crippen LogP contribution in [0, 0.1) is 0 Å². The SMILES string of the molecule is CCCNC(CCCOC)c1cc(Br)c(Br)s1. The Morgan fingerprint density at radius 3 is 2.76 bits per heavy atom. The molecule has 1 aromatic rings. The lowest BCUT2D eigenvalue weighted by Crippen LogP contribution is -2.21. The minimum absolute atomic E-state index is 0.442. The number of rotatable bonds is 8. The molecule has 98 valence electrons. The van der Waals surface area contributed by atoms with Crippen LogP contribution in [0.25, 0.3) is 0 Å². The van der Waals surface area contributed by atoms with Gasteiger partial charge in [0, 0.05) is 29.1 Å². The van der Waals surface area contributed by atoms with Crippen LogP contribution < -0.4 is 5.32 Å². The molecule has 1 atom stereocenters. The normalized spacial score (nSPS) is 12.9. The summed E-state index contributed by atoms with van der Waals surface area (Å²) < 4.78 is 7.43. The minimum Gasteiger partial charge on any atom is -0.385 e. The van der Waals surface area contributed by atoms with Gasteiger partial charge < -0.3 is 10.1 Å². The van der Waals surface area contributed by atoms with Gasteiger partial charge in [-0.05, 0) is 63.7 Å². The molecule has 0 aromatic carbocycles. The summed E-state index contributed by atoms with van der Waals surface area (Å²) in [7, 11) is 1.76. The molecule has 1 rings (SSSR count). The van der Waals surface area contributed by atoms with E-state index in [0.29, 0.717) is 6.04 Å². The average molecular weight is 385 g/mol. The summed E-state index contributed by atoms with van der Waals surface area (Å²) in [5.74, 6) is 0. The Kier molecular flexibility index (Phi) is 7.95. The molecule has 17 heavy (non-hydrogen) atoms. The van der Waals surface area contributed by atoms with Crippen LogP contribution in [0.1, 0.15) is 37.1 Å². The Balaban J connectivity index is 2.60. The molecular weight excluding hydrogens is 366 g/mol. The van der Waals surface area contributed by atoms with Crippen molar-refractivity contribution in [1.29, 1.82) is 0 Å². The second kappa shape index (κ2) is 8.64. The van der Waals surface area contributed by atoms with Gasteiger partial charge in [-0.25, -0.2) is 0 Å². The third kappa shape index (κ3) is 5.39. The highest BCUT2D eigenvalue weighted by Crippen LogP contribution is 2.36. The fourth-order valence-electron chi connectivity index (χ4n) is 1.63. The summed E-state index contributed by atoms with van der Waals surface area (Å²) in [6.45, 7) is 4.09. The molecule has 5 heteroatoms. The van der Waals surface area contributed by atoms with Crippen molar-refractivity contribution in [2.75, 3.05) is 20.3 Å². The molecular formula is C12H19Br2NOS. The van der Waals surface area contributed by atoms with Crippen LogP contribution in [-0.4, -0.2) is 20.3 Å². The maximum atomic E-state index is 5.12. The fraction of sp³-hybridized carbons (Fsp3) is 0.667. The van der Waals surface area contributed by atoms with Gasteiger partial charge in [0.15, 0.2) is 0 Å². The Bertz CT molecular complexity index is 311. The molecule has 0 bridgehead atoms. The lowest BCUT2D eigenvalue weighted by Gasteiger charge is -2.16. The standard InChI is InChI=1S/C12H19Br2NOS/c1-3-6-15-10(5-4-7-16-2)11-8-9(13)12(14)17-11/h8,10,15H,3-7H2,1-2H3. The molecule has 1 unspecified atom stereocenters. The van der Waals surface area contributed by atoms with Crippen molar-refractivity contribution >= 4 is 43.2 Å². The average Bonchev–Trinajstić information content (AvgIpc) is 2.64. The van der Waals surface area contributed by atoms with Crippen molar-refractivity contribution in [3.63, 3.8) is 0 Å². The summed E-state index contributed by atoms with van der Waals surface area (Å²) >= 11 is 8.90. The van der Waals surface area contributed by atoms with E-state index in [0.717, 1.165) is 36.9 Å². The highest BCUT2D eigenvalue weighted by atomic mass is 79.9. The molecule has 1 heterocycles. The maximum absolute atomic E-state index is 5.12. The molecule has 0 aliphatic carbocycles. The molecule has 0 saturated heterocycles. The molecule has 2 nitrogen and oxygen atoms in total. The Morgan fingerprint density at radius 1 is 1.47 bits per heavy atom. The predicted molar refractivity (Wildman–Crippen MR) is 81.9 cm³/mol. The molecule has 0 fully saturated rings. The van der Waals surface area contributed by atoms with E-state index in [9.17, 15) is 0 Å². The molecule has 0 radical (unpaired) electrons. The van der Waals surface area contributed by atoms with Crippen LogP contribution in [0.4, 0.5) is 0 Å². The first-order chi connectivity index (χ1) is 8.19. The topological polar surface area (TPSA) is 21.3 Å². The van der Waals surface area contributed by atoms with Gasteiger partial charge in [0.25, 0.3) is 0 Å². The van der Waals surface area contributed by atoms with Gasteiger partial charge in [0.2, 0.25) is 0 Å². The molecule has 0 spiro atoms. The molecule has 0 aliphatic rings. The van der Waals surface area contributed by atoms with E-state index in [4.69, 9.17) is 4.74 Å². The number of thiophene rings is 1. The number of methoxy groups -OCH3 is 1. The second-order valence-electron chi connectivity index (χ2n) is 3.91. The lowest BCUT2D eigenvalue weighted by atomic mass is 10.1. The second-order valence-corrected chi connectivity index (χ2v) is 7.17. The highest BCUT2D eigenvalue weighted by Gasteiger charge is 2.14. The maximum Gasteiger partial charge on any atom is 0.0843 e. The predicted octanol–water partition coefficient (Wildman–Crippen LogP) is 4.74. The van der Waals surface area contributed by atoms with Crippen LogP contribution in [-0.2, 0) is 4.74 Å². The van der Waals surface area contributed by atoms with Gasteiger partial charge >= 0.3 is 0 Å². The molecule has 1 N–H and O–H groups in total. The van der Waals surface area contributed by atoms with E-state index in [1.54, 1.807) is 18.4 Å². The van der Waals surface area contributed by atoms with Crippen LogP contribution in [0.2, 0.25) is 0 Å². The fourth-order valence-corrected chi connectivity index (χ4v) is 3.83. The number of halogens is 2. The monoisotopic (exact) mass is 383 g/mol. The quantitative estimate of drug-likeness (QED) is 0.653. The van der Waals surface area contributed by atoms with Gasteiger partial charge in [0.05, 0.1) is 3.79 Å². The van der Waals surface area contributed by atoms with Crippen molar-refractivity contribution in [3.05, 3.63) is 19.2 Å². The van der Waals surface area contributed by atoms with E-state index in [2.05, 4.69) is 50.2 Å². The van der Waals surface area contributed by atoms with Crippen LogP contribution in [0.5, 0.6) is 0 Å². The summed E-state index contributed by atoms with van der Waals surface area (Å²) in [6.07, 6.45) is 3.37. The van der Waals surface area contributed by atoms with E-state index in [-0.39, 0.29) is 0 Å². The van der Waals surface area contributed by atoms with Crippen molar-refractivity contribution < 1.29 is 4.74 Å². The van der Waals surface area contributed by atoms with Gasteiger partial charge in [-0.2, -0.15) is 0 Å². The number of nitrogens with one attached hydrogen (secondary N) is 1. The highest BCUT2D eigenvalue weighted by molar-refractivity contribution is 9.13. The number of hydrogen-bond donors (Lipinski definition) is 1. The largest absolute Gasteiger partial charge is 0.385 e. The summed E-state index contributed by atoms with van der Waals surface area (Å²) in [5, 5.41) is 3.60. The zero-order valence-corrected chi connectivity index (χ0v) is 14.3. The van der Waals surface area contributed by atoms with Crippen LogP contribution in [0.3, 0.4) is 0 Å². The first-order valence-corrected chi connectivity index (χ1v) is 8.26. The van der Waals surface area contributed by atoms with Crippen molar-refractivity contribution in [2.45, 2.75) is 32.2 Å². The van der Waals surface area contributed by atoms with Crippen molar-refractivity contribution in [1.82, 2.24) is 5.32 Å². The van der Waals surface area contributed by atoms with Gasteiger partial charge in [-0.1, -0.05) is 6.92 Å². The zero-order chi connectivity index (χ0) is 12.7. The number of hydrogen-bond acceptors (Lipinski definition) is 3. The summed E-state index contributed by atoms with van der Waals surface area (Å²) in [4.78, 5) is 1.38. The Hall–Kier alpha value is 0.580. The summed E-state index contributed by atoms with van der Waals surface area (Å²) in [5.41, 5.74) is 0. The molecule has 0 saturated carbocycles. The Labute approximate surface area is 124 Å². The van der Waals surface area contributed by atoms with Crippen LogP contribution >= 0.6 is 43.2 Å². The van der Waals surface area contributed by atoms with Crippen molar-refractivity contribution in [3.8, 4) is 0 Å². The van der Waals surface area contributed by atoms with E-state index < -0.39 is 0 Å². The van der Waals surface area contributed by atoms with Gasteiger partial charge in [0.1, 0.15) is 0 Å². The molecule has 0 amide bonds. The first-order valence-electron chi connectivity index (χ1n) is 5.86. The molecule has 0 aliphatic heterocycles. The first kappa shape index (κ1) is 15.6. The Morgan fingerprint density at radius 2 is 2.24 bits per heavy atom. The lowest BCUT2D eigenvalue weighted by molar-refractivity contribution is 0.189. The van der Waals surface area contributed by atoms with E-state index in [1.165, 1.54) is 8.66 Å². The minimum atomic E-state index is 0.442. The van der Waals surface area contributed by atoms with Gasteiger partial charge in [-0.15, -0.1) is 11.3 Å². The van der Waals surface area contributed by atoms with Crippen molar-refractivity contribution in [2.24, 2.45) is 0 Å². The van der Waals surface area contributed by atoms with E-state index >= 15 is 0 Å².